The van der Waals surface area contributed by atoms with Gasteiger partial charge in [-0.15, -0.1) is 11.3 Å². The van der Waals surface area contributed by atoms with Gasteiger partial charge in [0.1, 0.15) is 0 Å². The minimum absolute atomic E-state index is 0.0313. The lowest BCUT2D eigenvalue weighted by Crippen LogP contribution is -2.14. The first kappa shape index (κ1) is 13.8. The fraction of sp³-hybridized carbons (Fsp3) is 0.250. The predicted molar refractivity (Wildman–Crippen MR) is 86.9 cm³/mol. The molecule has 0 saturated heterocycles. The van der Waals surface area contributed by atoms with Crippen molar-refractivity contribution >= 4 is 33.3 Å². The molecule has 0 fully saturated rings. The minimum Gasteiger partial charge on any atom is -0.361 e. The van der Waals surface area contributed by atoms with Crippen LogP contribution in [0.25, 0.3) is 10.9 Å². The van der Waals surface area contributed by atoms with E-state index in [4.69, 9.17) is 0 Å². The molecule has 0 aliphatic carbocycles. The van der Waals surface area contributed by atoms with Crippen molar-refractivity contribution < 1.29 is 4.79 Å². The third kappa shape index (κ3) is 2.83. The fourth-order valence-corrected chi connectivity index (χ4v) is 3.34. The van der Waals surface area contributed by atoms with Crippen LogP contribution in [0, 0.1) is 6.92 Å². The summed E-state index contributed by atoms with van der Waals surface area (Å²) in [6.45, 7) is 4.10. The minimum atomic E-state index is -0.0313. The van der Waals surface area contributed by atoms with Crippen molar-refractivity contribution in [2.24, 2.45) is 0 Å². The van der Waals surface area contributed by atoms with Crippen molar-refractivity contribution in [2.75, 3.05) is 5.32 Å². The van der Waals surface area contributed by atoms with Crippen LogP contribution in [0.4, 0.5) is 5.13 Å². The average Bonchev–Trinajstić information content (AvgIpc) is 3.03. The molecule has 0 atom stereocenters. The number of para-hydroxylation sites is 1. The Labute approximate surface area is 127 Å². The van der Waals surface area contributed by atoms with Crippen LogP contribution in [0.5, 0.6) is 0 Å². The molecule has 0 aliphatic heterocycles. The largest absolute Gasteiger partial charge is 0.361 e. The number of nitrogens with zero attached hydrogens (tertiary/aromatic N) is 1. The van der Waals surface area contributed by atoms with Crippen LogP contribution < -0.4 is 5.32 Å². The summed E-state index contributed by atoms with van der Waals surface area (Å²) in [5.74, 6) is -0.0313. The van der Waals surface area contributed by atoms with E-state index in [-0.39, 0.29) is 5.91 Å². The molecule has 1 amide bonds. The molecule has 0 spiro atoms. The molecule has 1 aromatic carbocycles. The molecule has 0 bridgehead atoms. The second-order valence-electron chi connectivity index (χ2n) is 4.96. The number of carbonyl (C=O) groups is 1. The molecule has 2 N–H and O–H groups in total. The molecule has 5 heteroatoms. The van der Waals surface area contributed by atoms with E-state index in [0.29, 0.717) is 11.6 Å². The van der Waals surface area contributed by atoms with Crippen LogP contribution >= 0.6 is 11.3 Å². The van der Waals surface area contributed by atoms with Gasteiger partial charge in [0, 0.05) is 22.0 Å². The molecule has 0 saturated carbocycles. The number of thiazole rings is 1. The van der Waals surface area contributed by atoms with E-state index in [1.54, 1.807) is 0 Å². The number of benzene rings is 1. The zero-order chi connectivity index (χ0) is 14.8. The molecular formula is C16H17N3OS. The van der Waals surface area contributed by atoms with Gasteiger partial charge in [-0.25, -0.2) is 4.98 Å². The number of hydrogen-bond acceptors (Lipinski definition) is 3. The van der Waals surface area contributed by atoms with Gasteiger partial charge >= 0.3 is 0 Å². The smallest absolute Gasteiger partial charge is 0.230 e. The first-order valence-corrected chi connectivity index (χ1v) is 7.80. The maximum absolute atomic E-state index is 12.2. The van der Waals surface area contributed by atoms with Crippen LogP contribution in [0.15, 0.2) is 30.5 Å². The van der Waals surface area contributed by atoms with E-state index in [9.17, 15) is 4.79 Å². The van der Waals surface area contributed by atoms with E-state index in [1.807, 2.05) is 37.4 Å². The number of aromatic nitrogens is 2. The second kappa shape index (κ2) is 5.69. The Morgan fingerprint density at radius 3 is 2.95 bits per heavy atom. The monoisotopic (exact) mass is 299 g/mol. The predicted octanol–water partition coefficient (Wildman–Crippen LogP) is 3.68. The molecule has 2 heterocycles. The van der Waals surface area contributed by atoms with Gasteiger partial charge < -0.3 is 10.3 Å². The highest BCUT2D eigenvalue weighted by molar-refractivity contribution is 7.15. The first-order valence-electron chi connectivity index (χ1n) is 6.98. The van der Waals surface area contributed by atoms with Crippen molar-refractivity contribution in [3.63, 3.8) is 0 Å². The molecule has 3 aromatic rings. The summed E-state index contributed by atoms with van der Waals surface area (Å²) < 4.78 is 0. The van der Waals surface area contributed by atoms with E-state index in [1.165, 1.54) is 16.2 Å². The van der Waals surface area contributed by atoms with Crippen molar-refractivity contribution in [1.82, 2.24) is 9.97 Å². The molecule has 21 heavy (non-hydrogen) atoms. The highest BCUT2D eigenvalue weighted by atomic mass is 32.1. The van der Waals surface area contributed by atoms with Gasteiger partial charge in [0.15, 0.2) is 5.13 Å². The molecule has 2 aromatic heterocycles. The fourth-order valence-electron chi connectivity index (χ4n) is 2.42. The normalized spacial score (nSPS) is 11.0. The van der Waals surface area contributed by atoms with Crippen molar-refractivity contribution in [1.29, 1.82) is 0 Å². The Kier molecular flexibility index (Phi) is 3.75. The number of amides is 1. The van der Waals surface area contributed by atoms with Crippen molar-refractivity contribution in [2.45, 2.75) is 26.7 Å². The summed E-state index contributed by atoms with van der Waals surface area (Å²) >= 11 is 1.53. The number of hydrogen-bond donors (Lipinski definition) is 2. The summed E-state index contributed by atoms with van der Waals surface area (Å²) in [6.07, 6.45) is 3.14. The topological polar surface area (TPSA) is 57.8 Å². The molecule has 108 valence electrons. The van der Waals surface area contributed by atoms with Gasteiger partial charge in [-0.3, -0.25) is 4.79 Å². The SMILES string of the molecule is CCc1nc(NC(=O)Cc2c[nH]c3ccccc23)sc1C. The summed E-state index contributed by atoms with van der Waals surface area (Å²) in [7, 11) is 0. The third-order valence-corrected chi connectivity index (χ3v) is 4.43. The van der Waals surface area contributed by atoms with E-state index in [0.717, 1.165) is 28.6 Å². The molecule has 3 rings (SSSR count). The Balaban J connectivity index is 1.74. The number of aryl methyl sites for hydroxylation is 2. The standard InChI is InChI=1S/C16H17N3OS/c1-3-13-10(2)21-16(18-13)19-15(20)8-11-9-17-14-7-5-4-6-12(11)14/h4-7,9,17H,3,8H2,1-2H3,(H,18,19,20). The highest BCUT2D eigenvalue weighted by Crippen LogP contribution is 2.23. The summed E-state index contributed by atoms with van der Waals surface area (Å²) in [5.41, 5.74) is 3.12. The molecular weight excluding hydrogens is 282 g/mol. The van der Waals surface area contributed by atoms with Gasteiger partial charge in [-0.2, -0.15) is 0 Å². The first-order chi connectivity index (χ1) is 10.2. The Morgan fingerprint density at radius 1 is 1.38 bits per heavy atom. The summed E-state index contributed by atoms with van der Waals surface area (Å²) in [5, 5.41) is 4.68. The lowest BCUT2D eigenvalue weighted by atomic mass is 10.1. The third-order valence-electron chi connectivity index (χ3n) is 3.50. The summed E-state index contributed by atoms with van der Waals surface area (Å²) in [4.78, 5) is 21.0. The molecule has 4 nitrogen and oxygen atoms in total. The number of fused-ring (bicyclic) bond motifs is 1. The van der Waals surface area contributed by atoms with Gasteiger partial charge in [0.05, 0.1) is 12.1 Å². The maximum atomic E-state index is 12.2. The Hall–Kier alpha value is -2.14. The molecule has 0 aliphatic rings. The molecule has 0 radical (unpaired) electrons. The number of nitrogens with one attached hydrogen (secondary N) is 2. The number of rotatable bonds is 4. The van der Waals surface area contributed by atoms with Crippen LogP contribution in [-0.4, -0.2) is 15.9 Å². The number of carbonyl (C=O) groups excluding carboxylic acids is 1. The van der Waals surface area contributed by atoms with Gasteiger partial charge in [0.2, 0.25) is 5.91 Å². The lowest BCUT2D eigenvalue weighted by molar-refractivity contribution is -0.115. The van der Waals surface area contributed by atoms with Crippen LogP contribution in [0.3, 0.4) is 0 Å². The van der Waals surface area contributed by atoms with Crippen molar-refractivity contribution in [3.8, 4) is 0 Å². The maximum Gasteiger partial charge on any atom is 0.230 e. The molecule has 0 unspecified atom stereocenters. The van der Waals surface area contributed by atoms with Crippen LogP contribution in [0.2, 0.25) is 0 Å². The second-order valence-corrected chi connectivity index (χ2v) is 6.16. The lowest BCUT2D eigenvalue weighted by Gasteiger charge is -2.00. The van der Waals surface area contributed by atoms with Gasteiger partial charge in [0.25, 0.3) is 0 Å². The Bertz CT molecular complexity index is 788. The quantitative estimate of drug-likeness (QED) is 0.772. The highest BCUT2D eigenvalue weighted by Gasteiger charge is 2.12. The van der Waals surface area contributed by atoms with Gasteiger partial charge in [-0.05, 0) is 25.0 Å². The van der Waals surface area contributed by atoms with Crippen molar-refractivity contribution in [3.05, 3.63) is 46.6 Å². The van der Waals surface area contributed by atoms with E-state index >= 15 is 0 Å². The van der Waals surface area contributed by atoms with Crippen LogP contribution in [0.1, 0.15) is 23.1 Å². The van der Waals surface area contributed by atoms with E-state index < -0.39 is 0 Å². The average molecular weight is 299 g/mol. The Morgan fingerprint density at radius 2 is 2.19 bits per heavy atom. The number of anilines is 1. The number of H-pyrrole nitrogens is 1. The summed E-state index contributed by atoms with van der Waals surface area (Å²) in [6, 6.07) is 7.99. The van der Waals surface area contributed by atoms with Crippen LogP contribution in [-0.2, 0) is 17.6 Å². The number of aromatic amines is 1. The zero-order valence-electron chi connectivity index (χ0n) is 12.1. The van der Waals surface area contributed by atoms with Gasteiger partial charge in [-0.1, -0.05) is 25.1 Å². The zero-order valence-corrected chi connectivity index (χ0v) is 12.9. The van der Waals surface area contributed by atoms with E-state index in [2.05, 4.69) is 22.2 Å².